The van der Waals surface area contributed by atoms with E-state index in [1.54, 1.807) is 0 Å². The van der Waals surface area contributed by atoms with Crippen LogP contribution in [0, 0.1) is 0 Å². The van der Waals surface area contributed by atoms with Gasteiger partial charge in [0.25, 0.3) is 0 Å². The minimum atomic E-state index is -0.662. The molecule has 0 unspecified atom stereocenters. The van der Waals surface area contributed by atoms with Crippen LogP contribution in [-0.2, 0) is 19.1 Å². The first-order valence-corrected chi connectivity index (χ1v) is 7.78. The molecule has 0 aliphatic heterocycles. The number of carbonyl (C=O) groups is 4. The monoisotopic (exact) mass is 366 g/mol. The highest BCUT2D eigenvalue weighted by Crippen LogP contribution is 2.46. The molecule has 2 rings (SSSR count). The predicted octanol–water partition coefficient (Wildman–Crippen LogP) is 2.46. The largest absolute Gasteiger partial charge is 0.465 e. The van der Waals surface area contributed by atoms with E-state index in [-0.39, 0.29) is 27.5 Å². The van der Waals surface area contributed by atoms with Crippen LogP contribution in [0.1, 0.15) is 30.4 Å². The first kappa shape index (κ1) is 18.4. The number of esters is 4. The fraction of sp³-hybridized carbons (Fsp3) is 0.250. The molecule has 0 aliphatic rings. The van der Waals surface area contributed by atoms with E-state index in [0.29, 0.717) is 4.70 Å². The Hall–Kier alpha value is -2.94. The SMILES string of the molecule is COC(=O)c1cc2c(OC(C)=O)c(OC(C)=O)cc(OC(C)=O)c2s1. The zero-order valence-electron chi connectivity index (χ0n) is 13.8. The maximum Gasteiger partial charge on any atom is 0.348 e. The molecule has 25 heavy (non-hydrogen) atoms. The molecule has 0 amide bonds. The maximum atomic E-state index is 11.8. The Bertz CT molecular complexity index is 880. The van der Waals surface area contributed by atoms with Crippen molar-refractivity contribution in [1.82, 2.24) is 0 Å². The van der Waals surface area contributed by atoms with Gasteiger partial charge in [-0.15, -0.1) is 11.3 Å². The van der Waals surface area contributed by atoms with Gasteiger partial charge in [-0.25, -0.2) is 4.79 Å². The smallest absolute Gasteiger partial charge is 0.348 e. The second-order valence-electron chi connectivity index (χ2n) is 4.83. The van der Waals surface area contributed by atoms with Gasteiger partial charge >= 0.3 is 23.9 Å². The number of benzene rings is 1. The van der Waals surface area contributed by atoms with Crippen molar-refractivity contribution in [1.29, 1.82) is 0 Å². The average molecular weight is 366 g/mol. The number of fused-ring (bicyclic) bond motifs is 1. The van der Waals surface area contributed by atoms with Gasteiger partial charge in [-0.1, -0.05) is 0 Å². The number of methoxy groups -OCH3 is 1. The molecule has 0 spiro atoms. The summed E-state index contributed by atoms with van der Waals surface area (Å²) in [7, 11) is 1.22. The molecule has 0 radical (unpaired) electrons. The van der Waals surface area contributed by atoms with Gasteiger partial charge in [-0.05, 0) is 6.07 Å². The minimum Gasteiger partial charge on any atom is -0.465 e. The van der Waals surface area contributed by atoms with E-state index >= 15 is 0 Å². The Kier molecular flexibility index (Phi) is 5.38. The number of ether oxygens (including phenoxy) is 4. The molecule has 0 atom stereocenters. The Morgan fingerprint density at radius 2 is 1.40 bits per heavy atom. The summed E-state index contributed by atoms with van der Waals surface area (Å²) in [5.74, 6) is -2.64. The van der Waals surface area contributed by atoms with Crippen LogP contribution in [0.3, 0.4) is 0 Å². The summed E-state index contributed by atoms with van der Waals surface area (Å²) in [6.45, 7) is 3.55. The van der Waals surface area contributed by atoms with Crippen LogP contribution in [-0.4, -0.2) is 31.0 Å². The number of thiophene rings is 1. The molecular weight excluding hydrogens is 352 g/mol. The molecule has 1 aromatic carbocycles. The first-order valence-electron chi connectivity index (χ1n) is 6.97. The van der Waals surface area contributed by atoms with Crippen LogP contribution in [0.4, 0.5) is 0 Å². The van der Waals surface area contributed by atoms with Gasteiger partial charge < -0.3 is 18.9 Å². The van der Waals surface area contributed by atoms with Crippen molar-refractivity contribution in [2.24, 2.45) is 0 Å². The number of rotatable bonds is 4. The van der Waals surface area contributed by atoms with Crippen LogP contribution in [0.25, 0.3) is 10.1 Å². The standard InChI is InChI=1S/C16H14O8S/c1-7(17)22-11-6-12(23-8(2)18)15-10(14(11)24-9(3)19)5-13(25-15)16(20)21-4/h5-6H,1-4H3. The normalized spacial score (nSPS) is 10.2. The summed E-state index contributed by atoms with van der Waals surface area (Å²) in [4.78, 5) is 46.1. The molecule has 0 bridgehead atoms. The van der Waals surface area contributed by atoms with Gasteiger partial charge in [0.05, 0.1) is 11.8 Å². The van der Waals surface area contributed by atoms with Crippen molar-refractivity contribution in [2.75, 3.05) is 7.11 Å². The minimum absolute atomic E-state index is 0.0556. The molecule has 132 valence electrons. The summed E-state index contributed by atoms with van der Waals surface area (Å²) >= 11 is 0.984. The van der Waals surface area contributed by atoms with E-state index in [9.17, 15) is 19.2 Å². The molecule has 0 aliphatic carbocycles. The third kappa shape index (κ3) is 4.13. The van der Waals surface area contributed by atoms with Gasteiger partial charge in [-0.3, -0.25) is 14.4 Å². The van der Waals surface area contributed by atoms with Gasteiger partial charge in [0.2, 0.25) is 0 Å². The molecular formula is C16H14O8S. The number of carbonyl (C=O) groups excluding carboxylic acids is 4. The van der Waals surface area contributed by atoms with Gasteiger partial charge in [-0.2, -0.15) is 0 Å². The van der Waals surface area contributed by atoms with E-state index in [1.807, 2.05) is 0 Å². The molecule has 9 heteroatoms. The van der Waals surface area contributed by atoms with E-state index in [4.69, 9.17) is 14.2 Å². The highest BCUT2D eigenvalue weighted by molar-refractivity contribution is 7.21. The summed E-state index contributed by atoms with van der Waals surface area (Å²) in [6.07, 6.45) is 0. The first-order chi connectivity index (χ1) is 11.7. The summed E-state index contributed by atoms with van der Waals surface area (Å²) in [5.41, 5.74) is 0. The van der Waals surface area contributed by atoms with E-state index in [1.165, 1.54) is 40.0 Å². The Labute approximate surface area is 146 Å². The highest BCUT2D eigenvalue weighted by atomic mass is 32.1. The van der Waals surface area contributed by atoms with E-state index in [2.05, 4.69) is 4.74 Å². The number of hydrogen-bond donors (Lipinski definition) is 0. The molecule has 0 saturated heterocycles. The van der Waals surface area contributed by atoms with Crippen molar-refractivity contribution in [3.8, 4) is 17.2 Å². The van der Waals surface area contributed by atoms with E-state index < -0.39 is 23.9 Å². The molecule has 0 saturated carbocycles. The summed E-state index contributed by atoms with van der Waals surface area (Å²) in [5, 5.41) is 0.274. The molecule has 8 nitrogen and oxygen atoms in total. The Morgan fingerprint density at radius 1 is 0.840 bits per heavy atom. The van der Waals surface area contributed by atoms with Crippen LogP contribution >= 0.6 is 11.3 Å². The van der Waals surface area contributed by atoms with Crippen molar-refractivity contribution in [2.45, 2.75) is 20.8 Å². The van der Waals surface area contributed by atoms with Crippen molar-refractivity contribution in [3.63, 3.8) is 0 Å². The Morgan fingerprint density at radius 3 is 1.92 bits per heavy atom. The topological polar surface area (TPSA) is 105 Å². The predicted molar refractivity (Wildman–Crippen MR) is 87.1 cm³/mol. The molecule has 2 aromatic rings. The lowest BCUT2D eigenvalue weighted by molar-refractivity contribution is -0.134. The molecule has 1 heterocycles. The van der Waals surface area contributed by atoms with E-state index in [0.717, 1.165) is 11.3 Å². The highest BCUT2D eigenvalue weighted by Gasteiger charge is 2.23. The summed E-state index contributed by atoms with van der Waals surface area (Å²) < 4.78 is 20.4. The van der Waals surface area contributed by atoms with Crippen LogP contribution < -0.4 is 14.2 Å². The maximum absolute atomic E-state index is 11.8. The third-order valence-corrected chi connectivity index (χ3v) is 3.96. The molecule has 0 N–H and O–H groups in total. The third-order valence-electron chi connectivity index (χ3n) is 2.83. The fourth-order valence-corrected chi connectivity index (χ4v) is 3.06. The lowest BCUT2D eigenvalue weighted by Crippen LogP contribution is -2.08. The summed E-state index contributed by atoms with van der Waals surface area (Å²) in [6, 6.07) is 2.66. The van der Waals surface area contributed by atoms with Crippen LogP contribution in [0.5, 0.6) is 17.2 Å². The average Bonchev–Trinajstić information content (AvgIpc) is 2.94. The van der Waals surface area contributed by atoms with Gasteiger partial charge in [0.1, 0.15) is 4.88 Å². The van der Waals surface area contributed by atoms with Crippen LogP contribution in [0.2, 0.25) is 0 Å². The Balaban J connectivity index is 2.79. The zero-order chi connectivity index (χ0) is 18.7. The van der Waals surface area contributed by atoms with Crippen LogP contribution in [0.15, 0.2) is 12.1 Å². The lowest BCUT2D eigenvalue weighted by atomic mass is 10.2. The molecule has 0 fully saturated rings. The molecule has 1 aromatic heterocycles. The van der Waals surface area contributed by atoms with Crippen molar-refractivity contribution in [3.05, 3.63) is 17.0 Å². The lowest BCUT2D eigenvalue weighted by Gasteiger charge is -2.12. The fourth-order valence-electron chi connectivity index (χ4n) is 2.04. The van der Waals surface area contributed by atoms with Gasteiger partial charge in [0.15, 0.2) is 17.2 Å². The quantitative estimate of drug-likeness (QED) is 0.600. The zero-order valence-corrected chi connectivity index (χ0v) is 14.6. The second-order valence-corrected chi connectivity index (χ2v) is 5.88. The number of hydrogen-bond acceptors (Lipinski definition) is 9. The second kappa shape index (κ2) is 7.31. The van der Waals surface area contributed by atoms with Crippen molar-refractivity contribution < 1.29 is 38.1 Å². The van der Waals surface area contributed by atoms with Gasteiger partial charge in [0, 0.05) is 32.2 Å². The van der Waals surface area contributed by atoms with Crippen molar-refractivity contribution >= 4 is 45.3 Å².